The quantitative estimate of drug-likeness (QED) is 0.566. The molecule has 1 aromatic rings. The molecular formula is C11H13NO2. The van der Waals surface area contributed by atoms with Gasteiger partial charge in [-0.2, -0.15) is 0 Å². The van der Waals surface area contributed by atoms with Gasteiger partial charge in [0.25, 0.3) is 0 Å². The molecule has 3 heteroatoms. The van der Waals surface area contributed by atoms with E-state index in [4.69, 9.17) is 10.8 Å². The molecule has 0 saturated carbocycles. The van der Waals surface area contributed by atoms with E-state index in [-0.39, 0.29) is 0 Å². The lowest BCUT2D eigenvalue weighted by Gasteiger charge is -2.01. The van der Waals surface area contributed by atoms with E-state index >= 15 is 0 Å². The number of para-hydroxylation sites is 1. The lowest BCUT2D eigenvalue weighted by molar-refractivity contribution is -0.132. The Morgan fingerprint density at radius 2 is 2.14 bits per heavy atom. The number of hydrogen-bond donors (Lipinski definition) is 2. The van der Waals surface area contributed by atoms with Gasteiger partial charge in [-0.25, -0.2) is 4.79 Å². The number of hydrogen-bond acceptors (Lipinski definition) is 2. The number of allylic oxidation sites excluding steroid dienone is 1. The standard InChI is InChI=1S/C11H13NO2/c1-8(11(13)14)6-7-9-4-2-3-5-10(9)12/h2-6H,7,12H2,1H3,(H,13,14)/b8-6+. The lowest BCUT2D eigenvalue weighted by Crippen LogP contribution is -1.98. The molecule has 0 aromatic heterocycles. The Morgan fingerprint density at radius 3 is 2.71 bits per heavy atom. The summed E-state index contributed by atoms with van der Waals surface area (Å²) < 4.78 is 0. The van der Waals surface area contributed by atoms with Crippen molar-refractivity contribution in [3.05, 3.63) is 41.5 Å². The highest BCUT2D eigenvalue weighted by atomic mass is 16.4. The van der Waals surface area contributed by atoms with Crippen LogP contribution < -0.4 is 5.73 Å². The van der Waals surface area contributed by atoms with E-state index in [1.807, 2.05) is 18.2 Å². The molecule has 0 amide bonds. The van der Waals surface area contributed by atoms with Gasteiger partial charge in [0.1, 0.15) is 0 Å². The summed E-state index contributed by atoms with van der Waals surface area (Å²) >= 11 is 0. The fourth-order valence-electron chi connectivity index (χ4n) is 1.07. The van der Waals surface area contributed by atoms with Gasteiger partial charge in [-0.05, 0) is 25.0 Å². The average molecular weight is 191 g/mol. The van der Waals surface area contributed by atoms with Crippen LogP contribution in [0, 0.1) is 0 Å². The first-order chi connectivity index (χ1) is 6.61. The number of nitrogens with two attached hydrogens (primary N) is 1. The minimum atomic E-state index is -0.889. The molecule has 0 bridgehead atoms. The second-order valence-corrected chi connectivity index (χ2v) is 3.10. The number of benzene rings is 1. The Hall–Kier alpha value is -1.77. The molecule has 14 heavy (non-hydrogen) atoms. The molecule has 1 rings (SSSR count). The molecule has 74 valence electrons. The van der Waals surface area contributed by atoms with Crippen LogP contribution in [0.3, 0.4) is 0 Å². The monoisotopic (exact) mass is 191 g/mol. The number of aliphatic carboxylic acids is 1. The predicted octanol–water partition coefficient (Wildman–Crippen LogP) is 1.84. The van der Waals surface area contributed by atoms with E-state index in [2.05, 4.69) is 0 Å². The second-order valence-electron chi connectivity index (χ2n) is 3.10. The minimum Gasteiger partial charge on any atom is -0.478 e. The lowest BCUT2D eigenvalue weighted by atomic mass is 10.1. The van der Waals surface area contributed by atoms with E-state index in [1.54, 1.807) is 19.1 Å². The molecule has 3 N–H and O–H groups in total. The Morgan fingerprint density at radius 1 is 1.50 bits per heavy atom. The fourth-order valence-corrected chi connectivity index (χ4v) is 1.07. The molecule has 0 unspecified atom stereocenters. The van der Waals surface area contributed by atoms with Crippen molar-refractivity contribution >= 4 is 11.7 Å². The molecule has 0 saturated heterocycles. The van der Waals surface area contributed by atoms with E-state index in [0.29, 0.717) is 17.7 Å². The Bertz CT molecular complexity index is 369. The summed E-state index contributed by atoms with van der Waals surface area (Å²) in [4.78, 5) is 10.5. The highest BCUT2D eigenvalue weighted by Crippen LogP contribution is 2.12. The van der Waals surface area contributed by atoms with Crippen molar-refractivity contribution in [1.29, 1.82) is 0 Å². The summed E-state index contributed by atoms with van der Waals surface area (Å²) in [5.74, 6) is -0.889. The number of carboxylic acid groups (broad SMARTS) is 1. The molecule has 0 heterocycles. The van der Waals surface area contributed by atoms with Crippen molar-refractivity contribution in [3.63, 3.8) is 0 Å². The van der Waals surface area contributed by atoms with Crippen LogP contribution in [0.25, 0.3) is 0 Å². The Balaban J connectivity index is 2.76. The summed E-state index contributed by atoms with van der Waals surface area (Å²) in [5.41, 5.74) is 7.70. The van der Waals surface area contributed by atoms with Gasteiger partial charge in [0.05, 0.1) is 0 Å². The normalized spacial score (nSPS) is 11.4. The predicted molar refractivity (Wildman–Crippen MR) is 56.0 cm³/mol. The zero-order valence-electron chi connectivity index (χ0n) is 8.03. The molecule has 3 nitrogen and oxygen atoms in total. The Kier molecular flexibility index (Phi) is 3.29. The minimum absolute atomic E-state index is 0.341. The van der Waals surface area contributed by atoms with Gasteiger partial charge in [0.15, 0.2) is 0 Å². The van der Waals surface area contributed by atoms with Crippen LogP contribution in [0.15, 0.2) is 35.9 Å². The van der Waals surface area contributed by atoms with Gasteiger partial charge in [-0.15, -0.1) is 0 Å². The van der Waals surface area contributed by atoms with Crippen LogP contribution in [0.1, 0.15) is 12.5 Å². The summed E-state index contributed by atoms with van der Waals surface area (Å²) in [6, 6.07) is 7.43. The smallest absolute Gasteiger partial charge is 0.330 e. The van der Waals surface area contributed by atoms with Crippen molar-refractivity contribution in [1.82, 2.24) is 0 Å². The molecule has 0 aliphatic rings. The first kappa shape index (κ1) is 10.3. The van der Waals surface area contributed by atoms with Crippen LogP contribution >= 0.6 is 0 Å². The molecule has 1 aromatic carbocycles. The molecular weight excluding hydrogens is 178 g/mol. The van der Waals surface area contributed by atoms with Gasteiger partial charge in [0, 0.05) is 11.3 Å². The number of nitrogen functional groups attached to an aromatic ring is 1. The van der Waals surface area contributed by atoms with Gasteiger partial charge in [-0.3, -0.25) is 0 Å². The largest absolute Gasteiger partial charge is 0.478 e. The van der Waals surface area contributed by atoms with E-state index in [1.165, 1.54) is 0 Å². The van der Waals surface area contributed by atoms with Gasteiger partial charge < -0.3 is 10.8 Å². The Labute approximate surface area is 82.9 Å². The SMILES string of the molecule is C/C(=C\Cc1ccccc1N)C(=O)O. The van der Waals surface area contributed by atoms with Crippen LogP contribution in [0.2, 0.25) is 0 Å². The number of carbonyl (C=O) groups is 1. The van der Waals surface area contributed by atoms with Crippen molar-refractivity contribution in [2.45, 2.75) is 13.3 Å². The summed E-state index contributed by atoms with van der Waals surface area (Å²) in [7, 11) is 0. The molecule has 0 aliphatic carbocycles. The molecule has 0 fully saturated rings. The van der Waals surface area contributed by atoms with Crippen LogP contribution in [-0.4, -0.2) is 11.1 Å². The zero-order valence-corrected chi connectivity index (χ0v) is 8.03. The van der Waals surface area contributed by atoms with E-state index in [9.17, 15) is 4.79 Å². The summed E-state index contributed by atoms with van der Waals surface area (Å²) in [6.07, 6.45) is 2.22. The average Bonchev–Trinajstić information content (AvgIpc) is 2.16. The molecule has 0 spiro atoms. The number of anilines is 1. The van der Waals surface area contributed by atoms with Crippen molar-refractivity contribution in [3.8, 4) is 0 Å². The van der Waals surface area contributed by atoms with Gasteiger partial charge >= 0.3 is 5.97 Å². The third-order valence-electron chi connectivity index (χ3n) is 2.02. The highest BCUT2D eigenvalue weighted by molar-refractivity contribution is 5.85. The molecule has 0 atom stereocenters. The third kappa shape index (κ3) is 2.62. The van der Waals surface area contributed by atoms with Gasteiger partial charge in [-0.1, -0.05) is 24.3 Å². The summed E-state index contributed by atoms with van der Waals surface area (Å²) in [6.45, 7) is 1.57. The van der Waals surface area contributed by atoms with Crippen LogP contribution in [0.5, 0.6) is 0 Å². The molecule has 0 radical (unpaired) electrons. The van der Waals surface area contributed by atoms with Crippen LogP contribution in [-0.2, 0) is 11.2 Å². The third-order valence-corrected chi connectivity index (χ3v) is 2.02. The zero-order chi connectivity index (χ0) is 10.6. The maximum atomic E-state index is 10.5. The molecule has 0 aliphatic heterocycles. The first-order valence-electron chi connectivity index (χ1n) is 4.34. The van der Waals surface area contributed by atoms with E-state index in [0.717, 1.165) is 5.56 Å². The summed E-state index contributed by atoms with van der Waals surface area (Å²) in [5, 5.41) is 8.63. The van der Waals surface area contributed by atoms with Crippen molar-refractivity contribution in [2.75, 3.05) is 5.73 Å². The fraction of sp³-hybridized carbons (Fsp3) is 0.182. The van der Waals surface area contributed by atoms with Crippen molar-refractivity contribution < 1.29 is 9.90 Å². The number of carboxylic acids is 1. The second kappa shape index (κ2) is 4.46. The topological polar surface area (TPSA) is 63.3 Å². The van der Waals surface area contributed by atoms with Gasteiger partial charge in [0.2, 0.25) is 0 Å². The first-order valence-corrected chi connectivity index (χ1v) is 4.34. The number of rotatable bonds is 3. The van der Waals surface area contributed by atoms with Crippen LogP contribution in [0.4, 0.5) is 5.69 Å². The van der Waals surface area contributed by atoms with Crippen molar-refractivity contribution in [2.24, 2.45) is 0 Å². The maximum absolute atomic E-state index is 10.5. The maximum Gasteiger partial charge on any atom is 0.330 e. The van der Waals surface area contributed by atoms with E-state index < -0.39 is 5.97 Å². The highest BCUT2D eigenvalue weighted by Gasteiger charge is 2.00.